The van der Waals surface area contributed by atoms with Gasteiger partial charge < -0.3 is 24.6 Å². The van der Waals surface area contributed by atoms with E-state index in [9.17, 15) is 19.5 Å². The van der Waals surface area contributed by atoms with Crippen molar-refractivity contribution in [3.8, 4) is 11.5 Å². The first-order valence-corrected chi connectivity index (χ1v) is 11.6. The number of halogens is 1. The van der Waals surface area contributed by atoms with Gasteiger partial charge in [-0.25, -0.2) is 4.79 Å². The Labute approximate surface area is 201 Å². The van der Waals surface area contributed by atoms with E-state index in [1.54, 1.807) is 32.9 Å². The van der Waals surface area contributed by atoms with Crippen LogP contribution in [-0.2, 0) is 23.9 Å². The number of phenolic OH excluding ortho intramolecular Hbond substituents is 1. The van der Waals surface area contributed by atoms with Crippen LogP contribution in [0.3, 0.4) is 0 Å². The molecule has 0 amide bonds. The van der Waals surface area contributed by atoms with E-state index in [0.29, 0.717) is 40.0 Å². The second-order valence-electron chi connectivity index (χ2n) is 8.04. The summed E-state index contributed by atoms with van der Waals surface area (Å²) < 4.78 is 16.1. The van der Waals surface area contributed by atoms with E-state index in [1.807, 2.05) is 6.92 Å². The van der Waals surface area contributed by atoms with Gasteiger partial charge in [-0.3, -0.25) is 9.59 Å². The van der Waals surface area contributed by atoms with Crippen molar-refractivity contribution < 1.29 is 33.7 Å². The topological polar surface area (TPSA) is 111 Å². The van der Waals surface area contributed by atoms with Gasteiger partial charge in [-0.2, -0.15) is 0 Å². The van der Waals surface area contributed by atoms with Crippen LogP contribution in [0.5, 0.6) is 11.5 Å². The van der Waals surface area contributed by atoms with E-state index in [2.05, 4.69) is 21.2 Å². The van der Waals surface area contributed by atoms with E-state index in [1.165, 1.54) is 7.11 Å². The first-order chi connectivity index (χ1) is 15.7. The second kappa shape index (κ2) is 9.99. The van der Waals surface area contributed by atoms with Crippen LogP contribution in [0.2, 0.25) is 0 Å². The maximum absolute atomic E-state index is 13.7. The number of carbonyl (C=O) groups is 3. The van der Waals surface area contributed by atoms with Gasteiger partial charge in [-0.1, -0.05) is 6.92 Å². The molecule has 3 rings (SSSR count). The number of allylic oxidation sites excluding steroid dienone is 3. The molecule has 1 aliphatic carbocycles. The molecule has 0 radical (unpaired) electrons. The lowest BCUT2D eigenvalue weighted by atomic mass is 9.69. The highest BCUT2D eigenvalue weighted by atomic mass is 79.9. The summed E-state index contributed by atoms with van der Waals surface area (Å²) >= 11 is 3.34. The van der Waals surface area contributed by atoms with Crippen LogP contribution in [0.4, 0.5) is 0 Å². The van der Waals surface area contributed by atoms with Crippen molar-refractivity contribution in [2.24, 2.45) is 11.8 Å². The third kappa shape index (κ3) is 4.51. The standard InChI is InChI=1S/C24H28BrNO7/c1-6-32-16-10-13(9-14(25)21(16)27)19-18(24(30)33-7-2)12(4)26-15-8-11(3)17(23(29)31-5)22(28)20(15)19/h9-11,17,19,26-27H,6-8H2,1-5H3/t11-,17-,19+/m1/s1. The number of dihydropyridines is 1. The molecule has 0 aromatic heterocycles. The first-order valence-electron chi connectivity index (χ1n) is 10.8. The summed E-state index contributed by atoms with van der Waals surface area (Å²) in [4.78, 5) is 39.2. The third-order valence-corrected chi connectivity index (χ3v) is 6.53. The van der Waals surface area contributed by atoms with E-state index < -0.39 is 29.6 Å². The Balaban J connectivity index is 2.26. The molecule has 8 nitrogen and oxygen atoms in total. The number of ether oxygens (including phenoxy) is 3. The molecule has 2 N–H and O–H groups in total. The van der Waals surface area contributed by atoms with E-state index >= 15 is 0 Å². The van der Waals surface area contributed by atoms with Crippen molar-refractivity contribution in [1.29, 1.82) is 0 Å². The second-order valence-corrected chi connectivity index (χ2v) is 8.89. The number of aromatic hydroxyl groups is 1. The molecule has 0 spiro atoms. The fourth-order valence-corrected chi connectivity index (χ4v) is 4.98. The van der Waals surface area contributed by atoms with Gasteiger partial charge >= 0.3 is 11.9 Å². The Bertz CT molecular complexity index is 1060. The van der Waals surface area contributed by atoms with Gasteiger partial charge in [0, 0.05) is 22.9 Å². The molecule has 2 aliphatic rings. The molecule has 1 aromatic rings. The normalized spacial score (nSPS) is 22.5. The minimum atomic E-state index is -0.980. The van der Waals surface area contributed by atoms with E-state index in [0.717, 1.165) is 0 Å². The van der Waals surface area contributed by atoms with Crippen molar-refractivity contribution in [2.45, 2.75) is 40.0 Å². The largest absolute Gasteiger partial charge is 0.503 e. The molecule has 0 unspecified atom stereocenters. The highest BCUT2D eigenvalue weighted by Gasteiger charge is 2.47. The number of esters is 2. The van der Waals surface area contributed by atoms with Crippen LogP contribution < -0.4 is 10.1 Å². The first kappa shape index (κ1) is 24.8. The summed E-state index contributed by atoms with van der Waals surface area (Å²) in [7, 11) is 1.25. The SMILES string of the molecule is CCOC(=O)C1=C(C)NC2=C(C(=O)[C@H](C(=O)OC)[C@H](C)C2)[C@H]1c1cc(Br)c(O)c(OCC)c1. The van der Waals surface area contributed by atoms with Crippen molar-refractivity contribution in [3.63, 3.8) is 0 Å². The molecule has 0 saturated heterocycles. The monoisotopic (exact) mass is 521 g/mol. The van der Waals surface area contributed by atoms with Crippen LogP contribution in [-0.4, -0.2) is 43.2 Å². The Morgan fingerprint density at radius 3 is 2.55 bits per heavy atom. The summed E-state index contributed by atoms with van der Waals surface area (Å²) in [5.41, 5.74) is 2.35. The maximum atomic E-state index is 13.7. The van der Waals surface area contributed by atoms with Gasteiger partial charge in [0.15, 0.2) is 17.3 Å². The van der Waals surface area contributed by atoms with Crippen LogP contribution >= 0.6 is 15.9 Å². The molecule has 9 heteroatoms. The lowest BCUT2D eigenvalue weighted by Crippen LogP contribution is -2.43. The molecule has 0 fully saturated rings. The van der Waals surface area contributed by atoms with Gasteiger partial charge in [0.1, 0.15) is 5.92 Å². The van der Waals surface area contributed by atoms with Gasteiger partial charge in [-0.15, -0.1) is 0 Å². The molecule has 0 bridgehead atoms. The van der Waals surface area contributed by atoms with Gasteiger partial charge in [0.05, 0.1) is 30.4 Å². The van der Waals surface area contributed by atoms with Gasteiger partial charge in [0.25, 0.3) is 0 Å². The van der Waals surface area contributed by atoms with E-state index in [4.69, 9.17) is 14.2 Å². The van der Waals surface area contributed by atoms with Crippen molar-refractivity contribution in [2.75, 3.05) is 20.3 Å². The molecule has 1 aliphatic heterocycles. The zero-order valence-corrected chi connectivity index (χ0v) is 20.9. The van der Waals surface area contributed by atoms with Crippen LogP contribution in [0.15, 0.2) is 39.1 Å². The Morgan fingerprint density at radius 1 is 1.24 bits per heavy atom. The third-order valence-electron chi connectivity index (χ3n) is 5.92. The summed E-state index contributed by atoms with van der Waals surface area (Å²) in [5.74, 6) is -3.52. The average molecular weight is 522 g/mol. The van der Waals surface area contributed by atoms with Crippen LogP contribution in [0.1, 0.15) is 45.6 Å². The summed E-state index contributed by atoms with van der Waals surface area (Å²) in [6.45, 7) is 7.53. The lowest BCUT2D eigenvalue weighted by molar-refractivity contribution is -0.151. The molecular weight excluding hydrogens is 494 g/mol. The molecule has 178 valence electrons. The number of nitrogens with one attached hydrogen (secondary N) is 1. The number of phenols is 1. The number of hydrogen-bond donors (Lipinski definition) is 2. The summed E-state index contributed by atoms with van der Waals surface area (Å²) in [6, 6.07) is 3.25. The van der Waals surface area contributed by atoms with Crippen LogP contribution in [0, 0.1) is 11.8 Å². The van der Waals surface area contributed by atoms with Gasteiger partial charge in [-0.05, 0) is 66.7 Å². The molecular formula is C24H28BrNO7. The maximum Gasteiger partial charge on any atom is 0.336 e. The summed E-state index contributed by atoms with van der Waals surface area (Å²) in [6.07, 6.45) is 0.433. The molecule has 3 atom stereocenters. The molecule has 0 saturated carbocycles. The van der Waals surface area contributed by atoms with Crippen molar-refractivity contribution in [1.82, 2.24) is 5.32 Å². The number of benzene rings is 1. The number of ketones is 1. The smallest absolute Gasteiger partial charge is 0.336 e. The number of hydrogen-bond acceptors (Lipinski definition) is 8. The van der Waals surface area contributed by atoms with Crippen molar-refractivity contribution in [3.05, 3.63) is 44.7 Å². The molecule has 33 heavy (non-hydrogen) atoms. The minimum Gasteiger partial charge on any atom is -0.503 e. The Kier molecular flexibility index (Phi) is 7.51. The number of carbonyl (C=O) groups excluding carboxylic acids is 3. The highest BCUT2D eigenvalue weighted by Crippen LogP contribution is 2.48. The predicted molar refractivity (Wildman–Crippen MR) is 124 cm³/mol. The quantitative estimate of drug-likeness (QED) is 0.430. The Hall–Kier alpha value is -2.81. The number of rotatable bonds is 6. The van der Waals surface area contributed by atoms with E-state index in [-0.39, 0.29) is 29.6 Å². The average Bonchev–Trinajstić information content (AvgIpc) is 2.75. The lowest BCUT2D eigenvalue weighted by Gasteiger charge is -2.38. The zero-order chi connectivity index (χ0) is 24.4. The fourth-order valence-electron chi connectivity index (χ4n) is 4.52. The van der Waals surface area contributed by atoms with Gasteiger partial charge in [0.2, 0.25) is 0 Å². The van der Waals surface area contributed by atoms with Crippen molar-refractivity contribution >= 4 is 33.7 Å². The highest BCUT2D eigenvalue weighted by molar-refractivity contribution is 9.10. The number of Topliss-reactive ketones (excluding diaryl/α,β-unsaturated/α-hetero) is 1. The van der Waals surface area contributed by atoms with Crippen LogP contribution in [0.25, 0.3) is 0 Å². The minimum absolute atomic E-state index is 0.0850. The molecule has 1 heterocycles. The molecule has 1 aromatic carbocycles. The zero-order valence-electron chi connectivity index (χ0n) is 19.3. The summed E-state index contributed by atoms with van der Waals surface area (Å²) in [5, 5.41) is 13.6. The predicted octanol–water partition coefficient (Wildman–Crippen LogP) is 3.73. The number of methoxy groups -OCH3 is 1. The Morgan fingerprint density at radius 2 is 1.94 bits per heavy atom. The fraction of sp³-hybridized carbons (Fsp3) is 0.458.